The summed E-state index contributed by atoms with van der Waals surface area (Å²) >= 11 is 0. The lowest BCUT2D eigenvalue weighted by molar-refractivity contribution is -0.129. The highest BCUT2D eigenvalue weighted by Gasteiger charge is 2.24. The van der Waals surface area contributed by atoms with Crippen LogP contribution in [0.3, 0.4) is 0 Å². The van der Waals surface area contributed by atoms with Gasteiger partial charge in [0.15, 0.2) is 5.82 Å². The summed E-state index contributed by atoms with van der Waals surface area (Å²) in [5.74, 6) is 0.970. The molecule has 142 valence electrons. The Hall–Kier alpha value is -3.35. The van der Waals surface area contributed by atoms with Crippen molar-refractivity contribution in [2.75, 3.05) is 11.9 Å². The minimum atomic E-state index is -0.268. The van der Waals surface area contributed by atoms with E-state index in [0.717, 1.165) is 16.8 Å². The number of amides is 1. The Labute approximate surface area is 162 Å². The summed E-state index contributed by atoms with van der Waals surface area (Å²) in [6.45, 7) is 3.08. The predicted molar refractivity (Wildman–Crippen MR) is 104 cm³/mol. The molecular formula is C21H20FN5O. The number of nitrogens with zero attached hydrogens (tertiary/aromatic N) is 4. The highest BCUT2D eigenvalue weighted by molar-refractivity contribution is 5.74. The lowest BCUT2D eigenvalue weighted by atomic mass is 10.0. The molecule has 6 nitrogen and oxygen atoms in total. The molecule has 0 atom stereocenters. The van der Waals surface area contributed by atoms with Crippen molar-refractivity contribution in [1.82, 2.24) is 19.9 Å². The number of hydrogen-bond donors (Lipinski definition) is 1. The molecule has 0 unspecified atom stereocenters. The first kappa shape index (κ1) is 18.0. The average molecular weight is 377 g/mol. The van der Waals surface area contributed by atoms with Crippen molar-refractivity contribution >= 4 is 11.7 Å². The fourth-order valence-corrected chi connectivity index (χ4v) is 3.29. The van der Waals surface area contributed by atoms with Gasteiger partial charge in [-0.3, -0.25) is 9.78 Å². The molecule has 0 bridgehead atoms. The molecule has 28 heavy (non-hydrogen) atoms. The second-order valence-corrected chi connectivity index (χ2v) is 6.71. The van der Waals surface area contributed by atoms with E-state index in [1.54, 1.807) is 24.1 Å². The minimum Gasteiger partial charge on any atom is -0.366 e. The summed E-state index contributed by atoms with van der Waals surface area (Å²) in [5.41, 5.74) is 3.31. The number of halogens is 1. The fourth-order valence-electron chi connectivity index (χ4n) is 3.29. The van der Waals surface area contributed by atoms with Crippen LogP contribution in [-0.4, -0.2) is 32.3 Å². The number of rotatable bonds is 4. The zero-order valence-electron chi connectivity index (χ0n) is 15.5. The summed E-state index contributed by atoms with van der Waals surface area (Å²) in [7, 11) is 0. The molecule has 4 rings (SSSR count). The molecule has 2 aromatic heterocycles. The molecule has 1 aliphatic rings. The summed E-state index contributed by atoms with van der Waals surface area (Å²) in [4.78, 5) is 27.3. The van der Waals surface area contributed by atoms with Crippen LogP contribution in [0.25, 0.3) is 11.5 Å². The fraction of sp³-hybridized carbons (Fsp3) is 0.238. The first-order valence-electron chi connectivity index (χ1n) is 9.15. The van der Waals surface area contributed by atoms with Gasteiger partial charge in [-0.05, 0) is 36.2 Å². The van der Waals surface area contributed by atoms with Crippen LogP contribution < -0.4 is 5.32 Å². The third-order valence-electron chi connectivity index (χ3n) is 4.75. The largest absolute Gasteiger partial charge is 0.366 e. The van der Waals surface area contributed by atoms with Gasteiger partial charge in [0.1, 0.15) is 17.3 Å². The second kappa shape index (κ2) is 7.72. The minimum absolute atomic E-state index is 0.0259. The van der Waals surface area contributed by atoms with Crippen molar-refractivity contribution in [1.29, 1.82) is 0 Å². The Balaban J connectivity index is 1.69. The standard InChI is InChI=1S/C21H20FN5O/c1-14(28)27-10-8-17-19(13-27)25-21(18-7-2-3-9-23-18)26-20(17)24-12-15-5-4-6-16(22)11-15/h2-7,9,11H,8,10,12-13H2,1H3,(H,24,25,26). The number of carbonyl (C=O) groups excluding carboxylic acids is 1. The van der Waals surface area contributed by atoms with Gasteiger partial charge in [-0.15, -0.1) is 0 Å². The van der Waals surface area contributed by atoms with Gasteiger partial charge in [-0.1, -0.05) is 18.2 Å². The number of pyridine rings is 1. The average Bonchev–Trinajstić information content (AvgIpc) is 2.72. The van der Waals surface area contributed by atoms with E-state index in [1.807, 2.05) is 24.3 Å². The van der Waals surface area contributed by atoms with E-state index < -0.39 is 0 Å². The second-order valence-electron chi connectivity index (χ2n) is 6.71. The Morgan fingerprint density at radius 1 is 1.21 bits per heavy atom. The van der Waals surface area contributed by atoms with E-state index in [-0.39, 0.29) is 11.7 Å². The van der Waals surface area contributed by atoms with Crippen molar-refractivity contribution in [2.45, 2.75) is 26.4 Å². The Bertz CT molecular complexity index is 1010. The molecule has 1 amide bonds. The van der Waals surface area contributed by atoms with Crippen molar-refractivity contribution in [3.63, 3.8) is 0 Å². The Kier molecular flexibility index (Phi) is 4.97. The van der Waals surface area contributed by atoms with Gasteiger partial charge in [-0.2, -0.15) is 0 Å². The maximum Gasteiger partial charge on any atom is 0.219 e. The molecule has 3 aromatic rings. The molecule has 1 aliphatic heterocycles. The van der Waals surface area contributed by atoms with E-state index in [0.29, 0.717) is 43.4 Å². The van der Waals surface area contributed by atoms with Crippen LogP contribution in [0.15, 0.2) is 48.7 Å². The Morgan fingerprint density at radius 3 is 2.86 bits per heavy atom. The van der Waals surface area contributed by atoms with Crippen LogP contribution in [0, 0.1) is 5.82 Å². The monoisotopic (exact) mass is 377 g/mol. The van der Waals surface area contributed by atoms with Gasteiger partial charge < -0.3 is 10.2 Å². The number of nitrogens with one attached hydrogen (secondary N) is 1. The topological polar surface area (TPSA) is 71.0 Å². The number of anilines is 1. The maximum absolute atomic E-state index is 13.5. The molecule has 0 spiro atoms. The zero-order valence-corrected chi connectivity index (χ0v) is 15.5. The van der Waals surface area contributed by atoms with Gasteiger partial charge in [0.2, 0.25) is 5.91 Å². The number of hydrogen-bond acceptors (Lipinski definition) is 5. The van der Waals surface area contributed by atoms with Crippen LogP contribution in [0.2, 0.25) is 0 Å². The first-order valence-corrected chi connectivity index (χ1v) is 9.15. The van der Waals surface area contributed by atoms with E-state index in [9.17, 15) is 9.18 Å². The van der Waals surface area contributed by atoms with E-state index in [4.69, 9.17) is 0 Å². The van der Waals surface area contributed by atoms with Gasteiger partial charge >= 0.3 is 0 Å². The van der Waals surface area contributed by atoms with Crippen LogP contribution in [0.4, 0.5) is 10.2 Å². The van der Waals surface area contributed by atoms with Gasteiger partial charge in [0.05, 0.1) is 12.2 Å². The van der Waals surface area contributed by atoms with Crippen LogP contribution >= 0.6 is 0 Å². The Morgan fingerprint density at radius 2 is 2.11 bits per heavy atom. The van der Waals surface area contributed by atoms with E-state index in [1.165, 1.54) is 12.1 Å². The number of carbonyl (C=O) groups is 1. The number of benzene rings is 1. The number of fused-ring (bicyclic) bond motifs is 1. The molecule has 7 heteroatoms. The molecule has 1 aromatic carbocycles. The molecule has 0 fully saturated rings. The van der Waals surface area contributed by atoms with Crippen molar-refractivity contribution in [2.24, 2.45) is 0 Å². The highest BCUT2D eigenvalue weighted by Crippen LogP contribution is 2.27. The maximum atomic E-state index is 13.5. The van der Waals surface area contributed by atoms with Crippen molar-refractivity contribution < 1.29 is 9.18 Å². The molecule has 0 saturated heterocycles. The molecule has 3 heterocycles. The lowest BCUT2D eigenvalue weighted by Gasteiger charge is -2.28. The summed E-state index contributed by atoms with van der Waals surface area (Å²) < 4.78 is 13.5. The highest BCUT2D eigenvalue weighted by atomic mass is 19.1. The molecule has 0 aliphatic carbocycles. The third-order valence-corrected chi connectivity index (χ3v) is 4.75. The van der Waals surface area contributed by atoms with Gasteiger partial charge in [-0.25, -0.2) is 14.4 Å². The molecule has 1 N–H and O–H groups in total. The zero-order chi connectivity index (χ0) is 19.5. The van der Waals surface area contributed by atoms with Crippen LogP contribution in [0.1, 0.15) is 23.7 Å². The molecule has 0 radical (unpaired) electrons. The number of aromatic nitrogens is 3. The SMILES string of the molecule is CC(=O)N1CCc2c(nc(-c3ccccn3)nc2NCc2cccc(F)c2)C1. The quantitative estimate of drug-likeness (QED) is 0.756. The van der Waals surface area contributed by atoms with E-state index >= 15 is 0 Å². The molecule has 0 saturated carbocycles. The van der Waals surface area contributed by atoms with Gasteiger partial charge in [0.25, 0.3) is 0 Å². The summed E-state index contributed by atoms with van der Waals surface area (Å²) in [6, 6.07) is 12.0. The summed E-state index contributed by atoms with van der Waals surface area (Å²) in [6.07, 6.45) is 2.36. The van der Waals surface area contributed by atoms with Crippen LogP contribution in [-0.2, 0) is 24.3 Å². The van der Waals surface area contributed by atoms with Gasteiger partial charge in [0, 0.05) is 31.8 Å². The normalized spacial score (nSPS) is 13.1. The first-order chi connectivity index (χ1) is 13.6. The van der Waals surface area contributed by atoms with Crippen LogP contribution in [0.5, 0.6) is 0 Å². The summed E-state index contributed by atoms with van der Waals surface area (Å²) in [5, 5.41) is 3.32. The van der Waals surface area contributed by atoms with E-state index in [2.05, 4.69) is 20.3 Å². The third kappa shape index (κ3) is 3.83. The predicted octanol–water partition coefficient (Wildman–Crippen LogP) is 3.19. The lowest BCUT2D eigenvalue weighted by Crippen LogP contribution is -2.35. The van der Waals surface area contributed by atoms with Crippen molar-refractivity contribution in [3.05, 3.63) is 71.3 Å². The van der Waals surface area contributed by atoms with Crippen molar-refractivity contribution in [3.8, 4) is 11.5 Å². The smallest absolute Gasteiger partial charge is 0.219 e. The molecular weight excluding hydrogens is 357 g/mol.